The summed E-state index contributed by atoms with van der Waals surface area (Å²) in [6, 6.07) is 14.4. The standard InChI is InChI=1S/C15H14N4O/c16-14(18-20)15-17-8-9-19(15)10-12-6-3-5-11-4-1-2-7-13(11)12/h1-9,20H,10H2,(H2,16,18). The van der Waals surface area contributed by atoms with Crippen molar-refractivity contribution in [2.24, 2.45) is 10.9 Å². The smallest absolute Gasteiger partial charge is 0.206 e. The van der Waals surface area contributed by atoms with Gasteiger partial charge in [0.1, 0.15) is 0 Å². The van der Waals surface area contributed by atoms with Gasteiger partial charge in [-0.3, -0.25) is 0 Å². The van der Waals surface area contributed by atoms with Crippen LogP contribution in [0.25, 0.3) is 10.8 Å². The summed E-state index contributed by atoms with van der Waals surface area (Å²) in [4.78, 5) is 4.11. The number of hydrogen-bond donors (Lipinski definition) is 2. The maximum Gasteiger partial charge on any atom is 0.206 e. The van der Waals surface area contributed by atoms with Crippen LogP contribution < -0.4 is 5.73 Å². The van der Waals surface area contributed by atoms with E-state index in [0.717, 1.165) is 5.56 Å². The zero-order chi connectivity index (χ0) is 13.9. The highest BCUT2D eigenvalue weighted by molar-refractivity contribution is 5.93. The van der Waals surface area contributed by atoms with Crippen LogP contribution in [0.3, 0.4) is 0 Å². The fourth-order valence-electron chi connectivity index (χ4n) is 2.33. The molecule has 0 saturated carbocycles. The fraction of sp³-hybridized carbons (Fsp3) is 0.0667. The van der Waals surface area contributed by atoms with E-state index in [9.17, 15) is 0 Å². The molecule has 0 saturated heterocycles. The molecule has 3 N–H and O–H groups in total. The molecule has 0 aliphatic heterocycles. The summed E-state index contributed by atoms with van der Waals surface area (Å²) in [6.45, 7) is 0.618. The third kappa shape index (κ3) is 2.09. The molecule has 1 aromatic heterocycles. The summed E-state index contributed by atoms with van der Waals surface area (Å²) in [5.74, 6) is 0.468. The number of amidine groups is 1. The number of aromatic nitrogens is 2. The molecule has 0 bridgehead atoms. The minimum Gasteiger partial charge on any atom is -0.409 e. The van der Waals surface area contributed by atoms with Crippen LogP contribution in [-0.2, 0) is 6.54 Å². The molecule has 0 unspecified atom stereocenters. The molecule has 0 radical (unpaired) electrons. The lowest BCUT2D eigenvalue weighted by atomic mass is 10.0. The van der Waals surface area contributed by atoms with E-state index in [2.05, 4.69) is 34.4 Å². The van der Waals surface area contributed by atoms with Crippen molar-refractivity contribution in [3.8, 4) is 0 Å². The van der Waals surface area contributed by atoms with Crippen molar-refractivity contribution >= 4 is 16.6 Å². The van der Waals surface area contributed by atoms with Gasteiger partial charge in [0.05, 0.1) is 0 Å². The lowest BCUT2D eigenvalue weighted by Gasteiger charge is -2.09. The van der Waals surface area contributed by atoms with Gasteiger partial charge in [0.25, 0.3) is 0 Å². The van der Waals surface area contributed by atoms with Crippen molar-refractivity contribution in [3.05, 3.63) is 66.2 Å². The molecule has 0 aliphatic carbocycles. The number of oxime groups is 1. The predicted octanol–water partition coefficient (Wildman–Crippen LogP) is 2.18. The summed E-state index contributed by atoms with van der Waals surface area (Å²) in [6.07, 6.45) is 3.45. The van der Waals surface area contributed by atoms with Crippen LogP contribution in [0.15, 0.2) is 60.0 Å². The number of hydrogen-bond acceptors (Lipinski definition) is 3. The van der Waals surface area contributed by atoms with E-state index in [-0.39, 0.29) is 5.84 Å². The highest BCUT2D eigenvalue weighted by Gasteiger charge is 2.09. The Labute approximate surface area is 116 Å². The number of nitrogens with two attached hydrogens (primary N) is 1. The van der Waals surface area contributed by atoms with Crippen molar-refractivity contribution in [1.82, 2.24) is 9.55 Å². The monoisotopic (exact) mass is 266 g/mol. The summed E-state index contributed by atoms with van der Waals surface area (Å²) in [5, 5.41) is 14.2. The lowest BCUT2D eigenvalue weighted by molar-refractivity contribution is 0.318. The largest absolute Gasteiger partial charge is 0.409 e. The van der Waals surface area contributed by atoms with Crippen molar-refractivity contribution in [1.29, 1.82) is 0 Å². The highest BCUT2D eigenvalue weighted by Crippen LogP contribution is 2.19. The van der Waals surface area contributed by atoms with Crippen LogP contribution >= 0.6 is 0 Å². The molecule has 0 amide bonds. The number of fused-ring (bicyclic) bond motifs is 1. The van der Waals surface area contributed by atoms with Gasteiger partial charge in [-0.15, -0.1) is 0 Å². The quantitative estimate of drug-likeness (QED) is 0.330. The normalized spacial score (nSPS) is 11.9. The Balaban J connectivity index is 2.04. The number of rotatable bonds is 3. The van der Waals surface area contributed by atoms with Gasteiger partial charge in [-0.1, -0.05) is 47.6 Å². The van der Waals surface area contributed by atoms with Crippen LogP contribution in [0, 0.1) is 0 Å². The van der Waals surface area contributed by atoms with Gasteiger partial charge in [-0.05, 0) is 16.3 Å². The molecule has 1 heterocycles. The zero-order valence-corrected chi connectivity index (χ0v) is 10.8. The fourth-order valence-corrected chi connectivity index (χ4v) is 2.33. The van der Waals surface area contributed by atoms with Gasteiger partial charge in [0, 0.05) is 18.9 Å². The maximum atomic E-state index is 8.78. The lowest BCUT2D eigenvalue weighted by Crippen LogP contribution is -2.19. The first-order valence-corrected chi connectivity index (χ1v) is 6.25. The minimum atomic E-state index is 0.00948. The average Bonchev–Trinajstić information content (AvgIpc) is 2.95. The first-order valence-electron chi connectivity index (χ1n) is 6.25. The summed E-state index contributed by atoms with van der Waals surface area (Å²) in [7, 11) is 0. The molecule has 3 rings (SSSR count). The van der Waals surface area contributed by atoms with E-state index >= 15 is 0 Å². The molecule has 0 atom stereocenters. The minimum absolute atomic E-state index is 0.00948. The summed E-state index contributed by atoms with van der Waals surface area (Å²) in [5.41, 5.74) is 6.78. The second-order valence-electron chi connectivity index (χ2n) is 4.50. The SMILES string of the molecule is N/C(=N/O)c1nccn1Cc1cccc2ccccc12. The molecule has 3 aromatic rings. The predicted molar refractivity (Wildman–Crippen MR) is 77.8 cm³/mol. The first-order chi connectivity index (χ1) is 9.79. The Morgan fingerprint density at radius 2 is 2.00 bits per heavy atom. The Morgan fingerprint density at radius 1 is 1.20 bits per heavy atom. The van der Waals surface area contributed by atoms with Gasteiger partial charge < -0.3 is 15.5 Å². The zero-order valence-electron chi connectivity index (χ0n) is 10.8. The van der Waals surface area contributed by atoms with Crippen LogP contribution in [0.1, 0.15) is 11.4 Å². The highest BCUT2D eigenvalue weighted by atomic mass is 16.4. The topological polar surface area (TPSA) is 76.4 Å². The maximum absolute atomic E-state index is 8.78. The number of benzene rings is 2. The van der Waals surface area contributed by atoms with E-state index in [1.165, 1.54) is 10.8 Å². The van der Waals surface area contributed by atoms with E-state index in [0.29, 0.717) is 12.4 Å². The molecule has 0 aliphatic rings. The van der Waals surface area contributed by atoms with Crippen molar-refractivity contribution in [2.75, 3.05) is 0 Å². The molecular weight excluding hydrogens is 252 g/mol. The van der Waals surface area contributed by atoms with E-state index in [1.54, 1.807) is 6.20 Å². The molecule has 2 aromatic carbocycles. The molecule has 5 heteroatoms. The van der Waals surface area contributed by atoms with Gasteiger partial charge in [0.15, 0.2) is 5.82 Å². The van der Waals surface area contributed by atoms with Crippen LogP contribution in [0.5, 0.6) is 0 Å². The third-order valence-electron chi connectivity index (χ3n) is 3.27. The third-order valence-corrected chi connectivity index (χ3v) is 3.27. The van der Waals surface area contributed by atoms with E-state index in [4.69, 9.17) is 10.9 Å². The number of imidazole rings is 1. The second kappa shape index (κ2) is 5.05. The summed E-state index contributed by atoms with van der Waals surface area (Å²) >= 11 is 0. The van der Waals surface area contributed by atoms with Crippen molar-refractivity contribution < 1.29 is 5.21 Å². The molecule has 20 heavy (non-hydrogen) atoms. The summed E-state index contributed by atoms with van der Waals surface area (Å²) < 4.78 is 1.86. The molecular formula is C15H14N4O. The van der Waals surface area contributed by atoms with Gasteiger partial charge in [0.2, 0.25) is 5.84 Å². The Kier molecular flexibility index (Phi) is 3.09. The van der Waals surface area contributed by atoms with Gasteiger partial charge in [-0.2, -0.15) is 0 Å². The van der Waals surface area contributed by atoms with Crippen LogP contribution in [0.2, 0.25) is 0 Å². The van der Waals surface area contributed by atoms with Crippen molar-refractivity contribution in [2.45, 2.75) is 6.54 Å². The Hall–Kier alpha value is -2.82. The van der Waals surface area contributed by atoms with Gasteiger partial charge in [-0.25, -0.2) is 4.98 Å². The Morgan fingerprint density at radius 3 is 2.85 bits per heavy atom. The van der Waals surface area contributed by atoms with E-state index < -0.39 is 0 Å². The second-order valence-corrected chi connectivity index (χ2v) is 4.50. The Bertz CT molecular complexity index is 771. The molecule has 5 nitrogen and oxygen atoms in total. The van der Waals surface area contributed by atoms with Crippen molar-refractivity contribution in [3.63, 3.8) is 0 Å². The first kappa shape index (κ1) is 12.2. The average molecular weight is 266 g/mol. The molecule has 0 spiro atoms. The van der Waals surface area contributed by atoms with E-state index in [1.807, 2.05) is 29.0 Å². The van der Waals surface area contributed by atoms with Crippen LogP contribution in [-0.4, -0.2) is 20.6 Å². The van der Waals surface area contributed by atoms with Crippen LogP contribution in [0.4, 0.5) is 0 Å². The van der Waals surface area contributed by atoms with Gasteiger partial charge >= 0.3 is 0 Å². The number of nitrogens with zero attached hydrogens (tertiary/aromatic N) is 3. The molecule has 0 fully saturated rings. The molecule has 100 valence electrons.